The van der Waals surface area contributed by atoms with Crippen molar-refractivity contribution >= 4 is 23.3 Å². The smallest absolute Gasteiger partial charge is 0.317 e. The quantitative estimate of drug-likeness (QED) is 0.729. The maximum atomic E-state index is 12.8. The lowest BCUT2D eigenvalue weighted by Gasteiger charge is -2.20. The van der Waals surface area contributed by atoms with Gasteiger partial charge >= 0.3 is 6.01 Å². The van der Waals surface area contributed by atoms with E-state index in [0.717, 1.165) is 35.4 Å². The van der Waals surface area contributed by atoms with Gasteiger partial charge in [-0.05, 0) is 18.9 Å². The van der Waals surface area contributed by atoms with E-state index in [0.29, 0.717) is 11.8 Å². The Kier molecular flexibility index (Phi) is 4.12. The highest BCUT2D eigenvalue weighted by Gasteiger charge is 2.29. The molecule has 140 valence electrons. The van der Waals surface area contributed by atoms with E-state index in [1.54, 1.807) is 0 Å². The van der Waals surface area contributed by atoms with E-state index in [1.165, 1.54) is 6.42 Å². The molecule has 1 aromatic heterocycles. The van der Waals surface area contributed by atoms with Gasteiger partial charge in [0.1, 0.15) is 0 Å². The second-order valence-corrected chi connectivity index (χ2v) is 7.00. The minimum absolute atomic E-state index is 0.212. The van der Waals surface area contributed by atoms with Gasteiger partial charge in [0.2, 0.25) is 12.1 Å². The zero-order valence-electron chi connectivity index (χ0n) is 15.1. The first-order chi connectivity index (χ1) is 13.8. The number of aromatic nitrogens is 2. The second kappa shape index (κ2) is 6.92. The number of carbonyl (C=O) groups is 1. The number of fused-ring (bicyclic) bond motifs is 1. The van der Waals surface area contributed by atoms with Crippen LogP contribution >= 0.6 is 0 Å². The summed E-state index contributed by atoms with van der Waals surface area (Å²) < 4.78 is 5.71. The van der Waals surface area contributed by atoms with Crippen LogP contribution in [-0.2, 0) is 4.79 Å². The van der Waals surface area contributed by atoms with Gasteiger partial charge in [0.05, 0.1) is 11.4 Å². The Morgan fingerprint density at radius 1 is 1.00 bits per heavy atom. The van der Waals surface area contributed by atoms with Gasteiger partial charge in [-0.3, -0.25) is 4.79 Å². The summed E-state index contributed by atoms with van der Waals surface area (Å²) in [5, 5.41) is 14.1. The second-order valence-electron chi connectivity index (χ2n) is 7.00. The van der Waals surface area contributed by atoms with Gasteiger partial charge in [-0.2, -0.15) is 0 Å². The summed E-state index contributed by atoms with van der Waals surface area (Å²) in [6.45, 7) is 0. The lowest BCUT2D eigenvalue weighted by atomic mass is 9.85. The number of amides is 1. The SMILES string of the molecule is O=C1Nc2ccccc2C(c2ccccc2)=N[C@@H]1Nc1nnc(C2CCC2)o1. The van der Waals surface area contributed by atoms with E-state index in [1.807, 2.05) is 54.6 Å². The predicted molar refractivity (Wildman–Crippen MR) is 105 cm³/mol. The summed E-state index contributed by atoms with van der Waals surface area (Å²) in [7, 11) is 0. The Labute approximate surface area is 161 Å². The Hall–Kier alpha value is -3.48. The molecule has 3 aromatic rings. The summed E-state index contributed by atoms with van der Waals surface area (Å²) in [6, 6.07) is 17.7. The van der Waals surface area contributed by atoms with Gasteiger partial charge in [-0.15, -0.1) is 5.10 Å². The molecule has 2 aromatic carbocycles. The molecule has 1 saturated carbocycles. The number of benzene rings is 2. The van der Waals surface area contributed by atoms with Gasteiger partial charge < -0.3 is 15.1 Å². The van der Waals surface area contributed by atoms with Crippen molar-refractivity contribution in [3.63, 3.8) is 0 Å². The Balaban J connectivity index is 1.51. The Morgan fingerprint density at radius 2 is 1.79 bits per heavy atom. The number of hydrogen-bond acceptors (Lipinski definition) is 6. The lowest BCUT2D eigenvalue weighted by molar-refractivity contribution is -0.116. The van der Waals surface area contributed by atoms with E-state index >= 15 is 0 Å². The molecule has 5 rings (SSSR count). The van der Waals surface area contributed by atoms with Crippen LogP contribution in [0.1, 0.15) is 42.2 Å². The highest BCUT2D eigenvalue weighted by atomic mass is 16.4. The van der Waals surface area contributed by atoms with E-state index in [9.17, 15) is 4.79 Å². The largest absolute Gasteiger partial charge is 0.408 e. The average molecular weight is 373 g/mol. The van der Waals surface area contributed by atoms with Crippen molar-refractivity contribution in [3.8, 4) is 0 Å². The molecule has 0 saturated heterocycles. The molecule has 2 heterocycles. The Morgan fingerprint density at radius 3 is 2.57 bits per heavy atom. The van der Waals surface area contributed by atoms with Crippen LogP contribution in [0, 0.1) is 0 Å². The van der Waals surface area contributed by atoms with Crippen molar-refractivity contribution in [2.75, 3.05) is 10.6 Å². The molecule has 1 aliphatic heterocycles. The van der Waals surface area contributed by atoms with Crippen LogP contribution < -0.4 is 10.6 Å². The van der Waals surface area contributed by atoms with Crippen LogP contribution in [0.25, 0.3) is 0 Å². The maximum absolute atomic E-state index is 12.8. The fourth-order valence-corrected chi connectivity index (χ4v) is 3.41. The van der Waals surface area contributed by atoms with Crippen molar-refractivity contribution in [2.24, 2.45) is 4.99 Å². The number of anilines is 2. The first-order valence-corrected chi connectivity index (χ1v) is 9.41. The number of nitrogens with zero attached hydrogens (tertiary/aromatic N) is 3. The minimum Gasteiger partial charge on any atom is -0.408 e. The molecule has 1 amide bonds. The van der Waals surface area contributed by atoms with Crippen molar-refractivity contribution in [1.29, 1.82) is 0 Å². The van der Waals surface area contributed by atoms with Gasteiger partial charge in [0, 0.05) is 17.0 Å². The monoisotopic (exact) mass is 373 g/mol. The third-order valence-corrected chi connectivity index (χ3v) is 5.15. The van der Waals surface area contributed by atoms with E-state index in [-0.39, 0.29) is 11.9 Å². The molecule has 2 aliphatic rings. The van der Waals surface area contributed by atoms with Crippen molar-refractivity contribution in [2.45, 2.75) is 31.3 Å². The normalized spacial score (nSPS) is 19.1. The van der Waals surface area contributed by atoms with Crippen molar-refractivity contribution < 1.29 is 9.21 Å². The van der Waals surface area contributed by atoms with Crippen LogP contribution in [0.5, 0.6) is 0 Å². The van der Waals surface area contributed by atoms with Crippen LogP contribution in [-0.4, -0.2) is 28.0 Å². The molecule has 1 aliphatic carbocycles. The average Bonchev–Trinajstić information content (AvgIpc) is 3.07. The molecule has 7 nitrogen and oxygen atoms in total. The van der Waals surface area contributed by atoms with Crippen LogP contribution in [0.3, 0.4) is 0 Å². The molecular weight excluding hydrogens is 354 g/mol. The number of aliphatic imine (C=N–C) groups is 1. The number of para-hydroxylation sites is 1. The third-order valence-electron chi connectivity index (χ3n) is 5.15. The molecular formula is C21H19N5O2. The zero-order chi connectivity index (χ0) is 18.9. The fraction of sp³-hybridized carbons (Fsp3) is 0.238. The number of benzodiazepines with no additional fused rings is 1. The van der Waals surface area contributed by atoms with Gasteiger partial charge in [0.15, 0.2) is 0 Å². The van der Waals surface area contributed by atoms with Crippen molar-refractivity contribution in [3.05, 3.63) is 71.6 Å². The standard InChI is InChI=1S/C21H19N5O2/c27-19-18(24-21-26-25-20(28-21)14-9-6-10-14)23-17(13-7-2-1-3-8-13)15-11-4-5-12-16(15)22-19/h1-5,7-8,11-12,14,18H,6,9-10H2,(H,22,27)(H,24,26)/t18-/m1/s1. The predicted octanol–water partition coefficient (Wildman–Crippen LogP) is 3.56. The fourth-order valence-electron chi connectivity index (χ4n) is 3.41. The van der Waals surface area contributed by atoms with Crippen LogP contribution in [0.15, 0.2) is 64.0 Å². The molecule has 2 N–H and O–H groups in total. The van der Waals surface area contributed by atoms with E-state index in [4.69, 9.17) is 9.41 Å². The number of nitrogens with one attached hydrogen (secondary N) is 2. The van der Waals surface area contributed by atoms with Gasteiger partial charge in [-0.25, -0.2) is 4.99 Å². The molecule has 0 unspecified atom stereocenters. The summed E-state index contributed by atoms with van der Waals surface area (Å²) in [6.07, 6.45) is 2.44. The highest BCUT2D eigenvalue weighted by Crippen LogP contribution is 2.36. The van der Waals surface area contributed by atoms with Gasteiger partial charge in [0.25, 0.3) is 5.91 Å². The molecule has 0 spiro atoms. The minimum atomic E-state index is -0.878. The summed E-state index contributed by atoms with van der Waals surface area (Å²) >= 11 is 0. The summed E-state index contributed by atoms with van der Waals surface area (Å²) in [5.41, 5.74) is 3.25. The number of carbonyl (C=O) groups excluding carboxylic acids is 1. The third kappa shape index (κ3) is 3.05. The molecule has 7 heteroatoms. The number of hydrogen-bond donors (Lipinski definition) is 2. The topological polar surface area (TPSA) is 92.4 Å². The molecule has 1 fully saturated rings. The molecule has 1 atom stereocenters. The van der Waals surface area contributed by atoms with E-state index in [2.05, 4.69) is 20.8 Å². The molecule has 0 radical (unpaired) electrons. The van der Waals surface area contributed by atoms with E-state index < -0.39 is 6.17 Å². The van der Waals surface area contributed by atoms with Crippen LogP contribution in [0.4, 0.5) is 11.7 Å². The Bertz CT molecular complexity index is 1040. The number of rotatable bonds is 4. The highest BCUT2D eigenvalue weighted by molar-refractivity contribution is 6.19. The summed E-state index contributed by atoms with van der Waals surface area (Å²) in [5.74, 6) is 0.679. The lowest BCUT2D eigenvalue weighted by Crippen LogP contribution is -2.32. The molecule has 28 heavy (non-hydrogen) atoms. The van der Waals surface area contributed by atoms with Gasteiger partial charge in [-0.1, -0.05) is 60.1 Å². The maximum Gasteiger partial charge on any atom is 0.317 e. The van der Waals surface area contributed by atoms with Crippen LogP contribution in [0.2, 0.25) is 0 Å². The first kappa shape index (κ1) is 16.7. The summed E-state index contributed by atoms with van der Waals surface area (Å²) in [4.78, 5) is 17.5. The zero-order valence-corrected chi connectivity index (χ0v) is 15.1. The first-order valence-electron chi connectivity index (χ1n) is 9.41. The molecule has 0 bridgehead atoms. The van der Waals surface area contributed by atoms with Crippen molar-refractivity contribution in [1.82, 2.24) is 10.2 Å².